The Bertz CT molecular complexity index is 669. The first-order valence-electron chi connectivity index (χ1n) is 5.39. The van der Waals surface area contributed by atoms with E-state index in [2.05, 4.69) is 15.0 Å². The minimum absolute atomic E-state index is 0.0655. The van der Waals surface area contributed by atoms with E-state index in [-0.39, 0.29) is 15.9 Å². The number of aromatic nitrogens is 1. The van der Waals surface area contributed by atoms with E-state index in [0.29, 0.717) is 12.3 Å². The predicted octanol–water partition coefficient (Wildman–Crippen LogP) is 1.85. The van der Waals surface area contributed by atoms with E-state index < -0.39 is 10.0 Å². The van der Waals surface area contributed by atoms with E-state index in [0.717, 1.165) is 0 Å². The van der Waals surface area contributed by atoms with Gasteiger partial charge in [0.25, 0.3) is 10.0 Å². The lowest BCUT2D eigenvalue weighted by molar-refractivity contribution is 0.408. The summed E-state index contributed by atoms with van der Waals surface area (Å²) in [4.78, 5) is 3.86. The Labute approximate surface area is 115 Å². The third kappa shape index (κ3) is 3.25. The molecule has 0 saturated heterocycles. The summed E-state index contributed by atoms with van der Waals surface area (Å²) < 4.78 is 31.6. The molecule has 8 heteroatoms. The van der Waals surface area contributed by atoms with Crippen LogP contribution in [0, 0.1) is 0 Å². The SMILES string of the molecule is CNCc1ccc(S(=O)(=O)Nc2ncccc2Cl)o1. The van der Waals surface area contributed by atoms with Crippen LogP contribution in [0.15, 0.2) is 40.0 Å². The van der Waals surface area contributed by atoms with Gasteiger partial charge in [0.2, 0.25) is 5.09 Å². The average molecular weight is 302 g/mol. The fraction of sp³-hybridized carbons (Fsp3) is 0.182. The van der Waals surface area contributed by atoms with Gasteiger partial charge in [0.1, 0.15) is 5.76 Å². The maximum Gasteiger partial charge on any atom is 0.296 e. The van der Waals surface area contributed by atoms with E-state index >= 15 is 0 Å². The number of rotatable bonds is 5. The van der Waals surface area contributed by atoms with Gasteiger partial charge in [0, 0.05) is 6.20 Å². The summed E-state index contributed by atoms with van der Waals surface area (Å²) in [6.07, 6.45) is 1.44. The molecule has 0 radical (unpaired) electrons. The number of nitrogens with zero attached hydrogens (tertiary/aromatic N) is 1. The number of anilines is 1. The summed E-state index contributed by atoms with van der Waals surface area (Å²) in [5, 5.41) is 2.90. The highest BCUT2D eigenvalue weighted by Gasteiger charge is 2.20. The van der Waals surface area contributed by atoms with Crippen molar-refractivity contribution in [3.63, 3.8) is 0 Å². The average Bonchev–Trinajstić information content (AvgIpc) is 2.82. The van der Waals surface area contributed by atoms with Crippen LogP contribution in [0.25, 0.3) is 0 Å². The van der Waals surface area contributed by atoms with Crippen molar-refractivity contribution in [2.75, 3.05) is 11.8 Å². The van der Waals surface area contributed by atoms with Gasteiger partial charge in [-0.1, -0.05) is 11.6 Å². The third-order valence-corrected chi connectivity index (χ3v) is 3.76. The summed E-state index contributed by atoms with van der Waals surface area (Å²) in [5.74, 6) is 0.589. The van der Waals surface area contributed by atoms with Gasteiger partial charge in [0.15, 0.2) is 5.82 Å². The summed E-state index contributed by atoms with van der Waals surface area (Å²) in [7, 11) is -2.09. The molecule has 0 spiro atoms. The first-order valence-corrected chi connectivity index (χ1v) is 7.25. The number of nitrogens with one attached hydrogen (secondary N) is 2. The minimum atomic E-state index is -3.82. The highest BCUT2D eigenvalue weighted by atomic mass is 35.5. The Morgan fingerprint density at radius 1 is 1.37 bits per heavy atom. The number of hydrogen-bond donors (Lipinski definition) is 2. The number of pyridine rings is 1. The molecule has 0 fully saturated rings. The molecule has 2 heterocycles. The van der Waals surface area contributed by atoms with Gasteiger partial charge in [0.05, 0.1) is 11.6 Å². The van der Waals surface area contributed by atoms with Gasteiger partial charge in [-0.25, -0.2) is 4.98 Å². The lowest BCUT2D eigenvalue weighted by Gasteiger charge is -2.05. The molecule has 6 nitrogen and oxygen atoms in total. The van der Waals surface area contributed by atoms with Crippen LogP contribution in [-0.2, 0) is 16.6 Å². The first kappa shape index (κ1) is 13.9. The molecule has 2 aromatic heterocycles. The fourth-order valence-corrected chi connectivity index (χ4v) is 2.62. The van der Waals surface area contributed by atoms with E-state index in [1.54, 1.807) is 25.2 Å². The fourth-order valence-electron chi connectivity index (χ4n) is 1.41. The first-order chi connectivity index (χ1) is 9.03. The van der Waals surface area contributed by atoms with Gasteiger partial charge in [-0.2, -0.15) is 8.42 Å². The molecule has 102 valence electrons. The van der Waals surface area contributed by atoms with Gasteiger partial charge in [-0.3, -0.25) is 4.72 Å². The minimum Gasteiger partial charge on any atom is -0.446 e. The van der Waals surface area contributed by atoms with Crippen molar-refractivity contribution in [3.8, 4) is 0 Å². The van der Waals surface area contributed by atoms with Crippen LogP contribution in [0.5, 0.6) is 0 Å². The Morgan fingerprint density at radius 2 is 2.16 bits per heavy atom. The molecule has 0 aromatic carbocycles. The smallest absolute Gasteiger partial charge is 0.296 e. The second-order valence-electron chi connectivity index (χ2n) is 3.69. The molecule has 0 saturated carbocycles. The van der Waals surface area contributed by atoms with Crippen LogP contribution in [0.4, 0.5) is 5.82 Å². The molecule has 2 rings (SSSR count). The maximum atomic E-state index is 12.0. The topological polar surface area (TPSA) is 84.2 Å². The summed E-state index contributed by atoms with van der Waals surface area (Å²) in [6, 6.07) is 6.12. The quantitative estimate of drug-likeness (QED) is 0.880. The summed E-state index contributed by atoms with van der Waals surface area (Å²) >= 11 is 5.84. The molecule has 0 aliphatic carbocycles. The standard InChI is InChI=1S/C11H12ClN3O3S/c1-13-7-8-4-5-10(18-8)19(16,17)15-11-9(12)3-2-6-14-11/h2-6,13H,7H2,1H3,(H,14,15). The van der Waals surface area contributed by atoms with Crippen molar-refractivity contribution < 1.29 is 12.8 Å². The number of halogens is 1. The van der Waals surface area contributed by atoms with Gasteiger partial charge in [-0.05, 0) is 31.3 Å². The zero-order valence-electron chi connectivity index (χ0n) is 10.1. The Morgan fingerprint density at radius 3 is 2.84 bits per heavy atom. The van der Waals surface area contributed by atoms with Gasteiger partial charge < -0.3 is 9.73 Å². The molecule has 0 aliphatic rings. The molecule has 0 unspecified atom stereocenters. The highest BCUT2D eigenvalue weighted by molar-refractivity contribution is 7.92. The molecule has 2 aromatic rings. The molecular formula is C11H12ClN3O3S. The normalized spacial score (nSPS) is 11.5. The molecule has 0 atom stereocenters. The van der Waals surface area contributed by atoms with Crippen LogP contribution in [-0.4, -0.2) is 20.4 Å². The molecule has 0 amide bonds. The van der Waals surface area contributed by atoms with Crippen molar-refractivity contribution >= 4 is 27.4 Å². The van der Waals surface area contributed by atoms with Crippen LogP contribution in [0.1, 0.15) is 5.76 Å². The van der Waals surface area contributed by atoms with Crippen LogP contribution >= 0.6 is 11.6 Å². The van der Waals surface area contributed by atoms with Crippen molar-refractivity contribution in [1.82, 2.24) is 10.3 Å². The van der Waals surface area contributed by atoms with Crippen LogP contribution < -0.4 is 10.0 Å². The van der Waals surface area contributed by atoms with Crippen LogP contribution in [0.3, 0.4) is 0 Å². The van der Waals surface area contributed by atoms with E-state index in [9.17, 15) is 8.42 Å². The monoisotopic (exact) mass is 301 g/mol. The Balaban J connectivity index is 2.25. The van der Waals surface area contributed by atoms with Crippen LogP contribution in [0.2, 0.25) is 5.02 Å². The zero-order valence-corrected chi connectivity index (χ0v) is 11.6. The van der Waals surface area contributed by atoms with Gasteiger partial charge >= 0.3 is 0 Å². The van der Waals surface area contributed by atoms with E-state index in [4.69, 9.17) is 16.0 Å². The molecule has 0 bridgehead atoms. The van der Waals surface area contributed by atoms with Crippen molar-refractivity contribution in [3.05, 3.63) is 41.2 Å². The number of hydrogen-bond acceptors (Lipinski definition) is 5. The number of furan rings is 1. The summed E-state index contributed by atoms with van der Waals surface area (Å²) in [5.41, 5.74) is 0. The molecular weight excluding hydrogens is 290 g/mol. The third-order valence-electron chi connectivity index (χ3n) is 2.24. The van der Waals surface area contributed by atoms with Crippen molar-refractivity contribution in [1.29, 1.82) is 0 Å². The molecule has 19 heavy (non-hydrogen) atoms. The van der Waals surface area contributed by atoms with E-state index in [1.165, 1.54) is 12.3 Å². The predicted molar refractivity (Wildman–Crippen MR) is 71.5 cm³/mol. The molecule has 0 aliphatic heterocycles. The van der Waals surface area contributed by atoms with E-state index in [1.807, 2.05) is 0 Å². The molecule has 2 N–H and O–H groups in total. The van der Waals surface area contributed by atoms with Gasteiger partial charge in [-0.15, -0.1) is 0 Å². The highest BCUT2D eigenvalue weighted by Crippen LogP contribution is 2.22. The lowest BCUT2D eigenvalue weighted by Crippen LogP contribution is -2.13. The largest absolute Gasteiger partial charge is 0.446 e. The van der Waals surface area contributed by atoms with Crippen molar-refractivity contribution in [2.24, 2.45) is 0 Å². The second kappa shape index (κ2) is 5.60. The Hall–Kier alpha value is -1.57. The Kier molecular flexibility index (Phi) is 4.08. The lowest BCUT2D eigenvalue weighted by atomic mass is 10.4. The maximum absolute atomic E-state index is 12.0. The zero-order chi connectivity index (χ0) is 13.9. The number of sulfonamides is 1. The summed E-state index contributed by atoms with van der Waals surface area (Å²) in [6.45, 7) is 0.444. The van der Waals surface area contributed by atoms with Crippen molar-refractivity contribution in [2.45, 2.75) is 11.6 Å². The second-order valence-corrected chi connectivity index (χ2v) is 5.71.